The highest BCUT2D eigenvalue weighted by Crippen LogP contribution is 2.14. The Bertz CT molecular complexity index is 771. The molecular weight excluding hydrogens is 340 g/mol. The van der Waals surface area contributed by atoms with E-state index in [1.807, 2.05) is 69.3 Å². The molecule has 0 saturated heterocycles. The molecule has 144 valence electrons. The second-order valence-corrected chi connectivity index (χ2v) is 6.68. The van der Waals surface area contributed by atoms with Crippen LogP contribution in [0.1, 0.15) is 30.5 Å². The van der Waals surface area contributed by atoms with Crippen molar-refractivity contribution >= 4 is 11.8 Å². The van der Waals surface area contributed by atoms with Gasteiger partial charge in [0.15, 0.2) is 6.61 Å². The second kappa shape index (κ2) is 9.76. The van der Waals surface area contributed by atoms with Gasteiger partial charge in [0.1, 0.15) is 11.8 Å². The molecule has 5 nitrogen and oxygen atoms in total. The van der Waals surface area contributed by atoms with Crippen molar-refractivity contribution in [2.45, 2.75) is 40.3 Å². The number of carbonyl (C=O) groups is 2. The van der Waals surface area contributed by atoms with Gasteiger partial charge in [-0.3, -0.25) is 9.59 Å². The quantitative estimate of drug-likeness (QED) is 0.778. The molecule has 27 heavy (non-hydrogen) atoms. The zero-order valence-electron chi connectivity index (χ0n) is 16.5. The molecule has 0 bridgehead atoms. The van der Waals surface area contributed by atoms with Crippen molar-refractivity contribution in [3.8, 4) is 5.75 Å². The standard InChI is InChI=1S/C22H28N2O3/c1-5-23-22(26)18(4)24(14-19-8-6-7-17(3)13-19)21(25)15-27-20-11-9-16(2)10-12-20/h6-13,18H,5,14-15H2,1-4H3,(H,23,26)/t18-/m0/s1. The van der Waals surface area contributed by atoms with Crippen LogP contribution in [0.2, 0.25) is 0 Å². The summed E-state index contributed by atoms with van der Waals surface area (Å²) in [6.45, 7) is 8.36. The van der Waals surface area contributed by atoms with Crippen LogP contribution < -0.4 is 10.1 Å². The third-order valence-corrected chi connectivity index (χ3v) is 4.34. The molecule has 0 heterocycles. The van der Waals surface area contributed by atoms with Gasteiger partial charge in [0.2, 0.25) is 5.91 Å². The first-order chi connectivity index (χ1) is 12.9. The van der Waals surface area contributed by atoms with Crippen LogP contribution in [-0.4, -0.2) is 35.9 Å². The molecule has 5 heteroatoms. The highest BCUT2D eigenvalue weighted by atomic mass is 16.5. The maximum absolute atomic E-state index is 12.8. The van der Waals surface area contributed by atoms with Crippen LogP contribution in [0.5, 0.6) is 5.75 Å². The Morgan fingerprint density at radius 1 is 1.07 bits per heavy atom. The van der Waals surface area contributed by atoms with Gasteiger partial charge in [-0.25, -0.2) is 0 Å². The summed E-state index contributed by atoms with van der Waals surface area (Å²) < 4.78 is 5.63. The molecule has 0 aliphatic carbocycles. The zero-order valence-corrected chi connectivity index (χ0v) is 16.5. The highest BCUT2D eigenvalue weighted by molar-refractivity contribution is 5.87. The smallest absolute Gasteiger partial charge is 0.261 e. The number of rotatable bonds is 8. The van der Waals surface area contributed by atoms with Gasteiger partial charge < -0.3 is 15.0 Å². The SMILES string of the molecule is CCNC(=O)[C@H](C)N(Cc1cccc(C)c1)C(=O)COc1ccc(C)cc1. The van der Waals surface area contributed by atoms with Crippen molar-refractivity contribution in [1.82, 2.24) is 10.2 Å². The average molecular weight is 368 g/mol. The van der Waals surface area contributed by atoms with Gasteiger partial charge in [0, 0.05) is 13.1 Å². The topological polar surface area (TPSA) is 58.6 Å². The van der Waals surface area contributed by atoms with E-state index in [-0.39, 0.29) is 18.4 Å². The summed E-state index contributed by atoms with van der Waals surface area (Å²) in [5, 5.41) is 2.78. The zero-order chi connectivity index (χ0) is 19.8. The van der Waals surface area contributed by atoms with Gasteiger partial charge in [0.05, 0.1) is 0 Å². The molecule has 2 amide bonds. The molecule has 0 unspecified atom stereocenters. The summed E-state index contributed by atoms with van der Waals surface area (Å²) in [4.78, 5) is 26.7. The van der Waals surface area contributed by atoms with E-state index in [0.29, 0.717) is 18.8 Å². The maximum atomic E-state index is 12.8. The summed E-state index contributed by atoms with van der Waals surface area (Å²) in [6.07, 6.45) is 0. The number of hydrogen-bond donors (Lipinski definition) is 1. The summed E-state index contributed by atoms with van der Waals surface area (Å²) in [5.41, 5.74) is 3.22. The molecule has 2 aromatic carbocycles. The number of ether oxygens (including phenoxy) is 1. The highest BCUT2D eigenvalue weighted by Gasteiger charge is 2.26. The normalized spacial score (nSPS) is 11.6. The van der Waals surface area contributed by atoms with E-state index < -0.39 is 6.04 Å². The van der Waals surface area contributed by atoms with E-state index in [1.54, 1.807) is 11.8 Å². The fraction of sp³-hybridized carbons (Fsp3) is 0.364. The molecule has 1 atom stereocenters. The van der Waals surface area contributed by atoms with Gasteiger partial charge in [-0.2, -0.15) is 0 Å². The van der Waals surface area contributed by atoms with Crippen LogP contribution in [0, 0.1) is 13.8 Å². The predicted molar refractivity (Wildman–Crippen MR) is 107 cm³/mol. The van der Waals surface area contributed by atoms with E-state index in [0.717, 1.165) is 16.7 Å². The number of nitrogens with one attached hydrogen (secondary N) is 1. The lowest BCUT2D eigenvalue weighted by Gasteiger charge is -2.28. The third kappa shape index (κ3) is 6.13. The largest absolute Gasteiger partial charge is 0.484 e. The predicted octanol–water partition coefficient (Wildman–Crippen LogP) is 3.24. The molecule has 1 N–H and O–H groups in total. The van der Waals surface area contributed by atoms with E-state index >= 15 is 0 Å². The van der Waals surface area contributed by atoms with Crippen LogP contribution in [0.15, 0.2) is 48.5 Å². The van der Waals surface area contributed by atoms with Crippen LogP contribution in [-0.2, 0) is 16.1 Å². The number of aryl methyl sites for hydroxylation is 2. The maximum Gasteiger partial charge on any atom is 0.261 e. The number of likely N-dealkylation sites (N-methyl/N-ethyl adjacent to an activating group) is 1. The van der Waals surface area contributed by atoms with Gasteiger partial charge in [-0.1, -0.05) is 47.5 Å². The first-order valence-corrected chi connectivity index (χ1v) is 9.23. The lowest BCUT2D eigenvalue weighted by molar-refractivity contribution is -0.142. The Kier molecular flexibility index (Phi) is 7.41. The van der Waals surface area contributed by atoms with Crippen LogP contribution in [0.3, 0.4) is 0 Å². The molecule has 0 aromatic heterocycles. The van der Waals surface area contributed by atoms with Gasteiger partial charge in [-0.05, 0) is 45.4 Å². The molecule has 0 fully saturated rings. The van der Waals surface area contributed by atoms with E-state index in [1.165, 1.54) is 0 Å². The van der Waals surface area contributed by atoms with Crippen molar-refractivity contribution in [3.63, 3.8) is 0 Å². The minimum Gasteiger partial charge on any atom is -0.484 e. The van der Waals surface area contributed by atoms with Gasteiger partial charge in [-0.15, -0.1) is 0 Å². The van der Waals surface area contributed by atoms with Crippen LogP contribution in [0.4, 0.5) is 0 Å². The van der Waals surface area contributed by atoms with Crippen molar-refractivity contribution < 1.29 is 14.3 Å². The van der Waals surface area contributed by atoms with Gasteiger partial charge in [0.25, 0.3) is 5.91 Å². The van der Waals surface area contributed by atoms with Gasteiger partial charge >= 0.3 is 0 Å². The molecular formula is C22H28N2O3. The number of benzene rings is 2. The Hall–Kier alpha value is -2.82. The minimum atomic E-state index is -0.584. The molecule has 0 saturated carbocycles. The van der Waals surface area contributed by atoms with E-state index in [2.05, 4.69) is 5.32 Å². The summed E-state index contributed by atoms with van der Waals surface area (Å²) in [5.74, 6) is 0.236. The fourth-order valence-electron chi connectivity index (χ4n) is 2.77. The summed E-state index contributed by atoms with van der Waals surface area (Å²) >= 11 is 0. The molecule has 0 aliphatic rings. The summed E-state index contributed by atoms with van der Waals surface area (Å²) in [6, 6.07) is 14.9. The lowest BCUT2D eigenvalue weighted by Crippen LogP contribution is -2.49. The lowest BCUT2D eigenvalue weighted by atomic mass is 10.1. The first kappa shape index (κ1) is 20.5. The van der Waals surface area contributed by atoms with Crippen molar-refractivity contribution in [3.05, 3.63) is 65.2 Å². The number of carbonyl (C=O) groups excluding carboxylic acids is 2. The molecule has 2 rings (SSSR count). The second-order valence-electron chi connectivity index (χ2n) is 6.68. The molecule has 0 spiro atoms. The van der Waals surface area contributed by atoms with Crippen molar-refractivity contribution in [1.29, 1.82) is 0 Å². The molecule has 0 radical (unpaired) electrons. The summed E-state index contributed by atoms with van der Waals surface area (Å²) in [7, 11) is 0. The number of nitrogens with zero attached hydrogens (tertiary/aromatic N) is 1. The molecule has 2 aromatic rings. The van der Waals surface area contributed by atoms with E-state index in [9.17, 15) is 9.59 Å². The average Bonchev–Trinajstić information content (AvgIpc) is 2.65. The third-order valence-electron chi connectivity index (χ3n) is 4.34. The van der Waals surface area contributed by atoms with Crippen molar-refractivity contribution in [2.75, 3.05) is 13.2 Å². The first-order valence-electron chi connectivity index (χ1n) is 9.23. The Labute approximate surface area is 161 Å². The van der Waals surface area contributed by atoms with Crippen LogP contribution in [0.25, 0.3) is 0 Å². The van der Waals surface area contributed by atoms with Crippen molar-refractivity contribution in [2.24, 2.45) is 0 Å². The monoisotopic (exact) mass is 368 g/mol. The number of amides is 2. The number of hydrogen-bond acceptors (Lipinski definition) is 3. The fourth-order valence-corrected chi connectivity index (χ4v) is 2.77. The van der Waals surface area contributed by atoms with Crippen LogP contribution >= 0.6 is 0 Å². The molecule has 0 aliphatic heterocycles. The Balaban J connectivity index is 2.12. The minimum absolute atomic E-state index is 0.112. The Morgan fingerprint density at radius 2 is 1.78 bits per heavy atom. The van der Waals surface area contributed by atoms with E-state index in [4.69, 9.17) is 4.74 Å². The Morgan fingerprint density at radius 3 is 2.41 bits per heavy atom.